The van der Waals surface area contributed by atoms with Crippen LogP contribution in [0, 0.1) is 11.6 Å². The van der Waals surface area contributed by atoms with Crippen molar-refractivity contribution in [1.29, 1.82) is 0 Å². The van der Waals surface area contributed by atoms with Crippen molar-refractivity contribution in [3.63, 3.8) is 0 Å². The summed E-state index contributed by atoms with van der Waals surface area (Å²) in [7, 11) is 1.26. The number of ether oxygens (including phenoxy) is 1. The summed E-state index contributed by atoms with van der Waals surface area (Å²) in [4.78, 5) is 26.0. The Morgan fingerprint density at radius 1 is 1.14 bits per heavy atom. The fraction of sp³-hybridized carbons (Fsp3) is 0.400. The number of rotatable bonds is 3. The van der Waals surface area contributed by atoms with Gasteiger partial charge in [-0.3, -0.25) is 4.79 Å². The molecule has 1 aromatic heterocycles. The zero-order chi connectivity index (χ0) is 20.9. The molecule has 1 aliphatic rings. The summed E-state index contributed by atoms with van der Waals surface area (Å²) in [5, 5.41) is 4.98. The molecule has 3 N–H and O–H groups in total. The number of methoxy groups -OCH3 is 1. The van der Waals surface area contributed by atoms with Crippen LogP contribution in [0.2, 0.25) is 0 Å². The van der Waals surface area contributed by atoms with Gasteiger partial charge in [-0.05, 0) is 45.4 Å². The van der Waals surface area contributed by atoms with Crippen molar-refractivity contribution in [1.82, 2.24) is 0 Å². The largest absolute Gasteiger partial charge is 0.465 e. The number of quaternary nitrogens is 1. The highest BCUT2D eigenvalue weighted by Crippen LogP contribution is 2.42. The molecule has 5 nitrogen and oxygen atoms in total. The van der Waals surface area contributed by atoms with Crippen LogP contribution < -0.4 is 10.6 Å². The lowest BCUT2D eigenvalue weighted by Gasteiger charge is -2.38. The second-order valence-corrected chi connectivity index (χ2v) is 9.21. The fourth-order valence-corrected chi connectivity index (χ4v) is 5.27. The first-order chi connectivity index (χ1) is 13.0. The second kappa shape index (κ2) is 6.93. The third-order valence-corrected chi connectivity index (χ3v) is 6.27. The maximum Gasteiger partial charge on any atom is 0.341 e. The predicted molar refractivity (Wildman–Crippen MR) is 103 cm³/mol. The highest BCUT2D eigenvalue weighted by atomic mass is 32.1. The van der Waals surface area contributed by atoms with Gasteiger partial charge in [0.1, 0.15) is 27.7 Å². The number of amides is 1. The molecule has 0 unspecified atom stereocenters. The highest BCUT2D eigenvalue weighted by molar-refractivity contribution is 7.17. The van der Waals surface area contributed by atoms with Crippen molar-refractivity contribution < 1.29 is 28.4 Å². The van der Waals surface area contributed by atoms with E-state index < -0.39 is 29.1 Å². The number of hydrogen-bond acceptors (Lipinski definition) is 4. The van der Waals surface area contributed by atoms with Crippen molar-refractivity contribution in [2.45, 2.75) is 45.2 Å². The Hall–Kier alpha value is -2.32. The number of thiophene rings is 1. The highest BCUT2D eigenvalue weighted by Gasteiger charge is 2.45. The number of benzene rings is 1. The van der Waals surface area contributed by atoms with Gasteiger partial charge in [-0.2, -0.15) is 0 Å². The summed E-state index contributed by atoms with van der Waals surface area (Å²) in [5.41, 5.74) is -0.132. The molecule has 3 rings (SSSR count). The molecule has 1 aliphatic heterocycles. The van der Waals surface area contributed by atoms with E-state index in [9.17, 15) is 18.4 Å². The maximum atomic E-state index is 14.0. The summed E-state index contributed by atoms with van der Waals surface area (Å²) in [6.07, 6.45) is 0.594. The van der Waals surface area contributed by atoms with Gasteiger partial charge < -0.3 is 15.4 Å². The van der Waals surface area contributed by atoms with Crippen LogP contribution in [0.25, 0.3) is 0 Å². The molecule has 0 spiro atoms. The molecule has 0 radical (unpaired) electrons. The SMILES string of the molecule is COC(=O)c1c(NC(=O)c2c(F)cccc2F)sc2c1CC(C)(C)[NH2+]C2(C)C. The smallest absolute Gasteiger partial charge is 0.341 e. The number of fused-ring (bicyclic) bond motifs is 1. The Kier molecular flexibility index (Phi) is 5.05. The Labute approximate surface area is 166 Å². The summed E-state index contributed by atoms with van der Waals surface area (Å²) < 4.78 is 32.9. The molecule has 0 bridgehead atoms. The Bertz CT molecular complexity index is 946. The van der Waals surface area contributed by atoms with E-state index in [4.69, 9.17) is 4.74 Å². The van der Waals surface area contributed by atoms with Crippen molar-refractivity contribution in [3.8, 4) is 0 Å². The van der Waals surface area contributed by atoms with Crippen LogP contribution in [0.4, 0.5) is 13.8 Å². The van der Waals surface area contributed by atoms with Gasteiger partial charge in [0.05, 0.1) is 23.1 Å². The number of carbonyl (C=O) groups is 2. The lowest BCUT2D eigenvalue weighted by atomic mass is 9.81. The molecule has 0 saturated heterocycles. The normalized spacial score (nSPS) is 17.0. The summed E-state index contributed by atoms with van der Waals surface area (Å²) in [6, 6.07) is 3.21. The van der Waals surface area contributed by atoms with Gasteiger partial charge in [0.2, 0.25) is 0 Å². The lowest BCUT2D eigenvalue weighted by molar-refractivity contribution is -0.789. The van der Waals surface area contributed by atoms with Gasteiger partial charge in [-0.25, -0.2) is 13.6 Å². The van der Waals surface area contributed by atoms with Crippen molar-refractivity contribution >= 4 is 28.2 Å². The van der Waals surface area contributed by atoms with E-state index in [1.165, 1.54) is 24.5 Å². The van der Waals surface area contributed by atoms with Crippen LogP contribution in [-0.4, -0.2) is 24.5 Å². The minimum absolute atomic E-state index is 0.167. The van der Waals surface area contributed by atoms with Crippen molar-refractivity contribution in [3.05, 3.63) is 51.4 Å². The second-order valence-electron chi connectivity index (χ2n) is 8.19. The van der Waals surface area contributed by atoms with Crippen LogP contribution in [0.15, 0.2) is 18.2 Å². The molecular weight excluding hydrogens is 386 g/mol. The molecule has 0 atom stereocenters. The third kappa shape index (κ3) is 3.54. The van der Waals surface area contributed by atoms with E-state index in [0.29, 0.717) is 6.42 Å². The Morgan fingerprint density at radius 2 is 1.75 bits per heavy atom. The summed E-state index contributed by atoms with van der Waals surface area (Å²) in [6.45, 7) is 8.21. The molecule has 8 heteroatoms. The molecule has 1 amide bonds. The quantitative estimate of drug-likeness (QED) is 0.765. The average molecular weight is 409 g/mol. The number of esters is 1. The first kappa shape index (κ1) is 20.4. The summed E-state index contributed by atoms with van der Waals surface area (Å²) in [5.74, 6) is -3.46. The first-order valence-electron chi connectivity index (χ1n) is 8.84. The third-order valence-electron chi connectivity index (χ3n) is 4.78. The predicted octanol–water partition coefficient (Wildman–Crippen LogP) is 3.20. The minimum atomic E-state index is -0.965. The molecule has 1 aromatic carbocycles. The van der Waals surface area contributed by atoms with Gasteiger partial charge in [0.15, 0.2) is 0 Å². The Balaban J connectivity index is 2.11. The van der Waals surface area contributed by atoms with Gasteiger partial charge in [-0.1, -0.05) is 6.07 Å². The van der Waals surface area contributed by atoms with Gasteiger partial charge in [-0.15, -0.1) is 11.3 Å². The zero-order valence-corrected chi connectivity index (χ0v) is 17.2. The molecule has 2 heterocycles. The molecule has 28 heavy (non-hydrogen) atoms. The molecule has 150 valence electrons. The number of hydrogen-bond donors (Lipinski definition) is 2. The fourth-order valence-electron chi connectivity index (χ4n) is 3.99. The molecule has 2 aromatic rings. The molecular formula is C20H23F2N2O3S+. The number of halogens is 2. The average Bonchev–Trinajstić information content (AvgIpc) is 2.90. The zero-order valence-electron chi connectivity index (χ0n) is 16.4. The van der Waals surface area contributed by atoms with E-state index in [2.05, 4.69) is 24.5 Å². The van der Waals surface area contributed by atoms with Crippen molar-refractivity contribution in [2.75, 3.05) is 12.4 Å². The van der Waals surface area contributed by atoms with Crippen molar-refractivity contribution in [2.24, 2.45) is 0 Å². The van der Waals surface area contributed by atoms with E-state index >= 15 is 0 Å². The van der Waals surface area contributed by atoms with Crippen LogP contribution in [-0.2, 0) is 16.7 Å². The van der Waals surface area contributed by atoms with E-state index in [0.717, 1.165) is 22.6 Å². The van der Waals surface area contributed by atoms with Crippen LogP contribution in [0.3, 0.4) is 0 Å². The molecule has 0 fully saturated rings. The number of nitrogens with two attached hydrogens (primary N) is 1. The van der Waals surface area contributed by atoms with Crippen LogP contribution >= 0.6 is 11.3 Å². The first-order valence-corrected chi connectivity index (χ1v) is 9.65. The standard InChI is InChI=1S/C20H22F2N2O3S/c1-19(2)9-10-13(18(26)27-5)17(28-15(10)20(3,4)24-19)23-16(25)14-11(21)7-6-8-12(14)22/h6-8,24H,9H2,1-5H3,(H,23,25)/p+1. The number of anilines is 1. The molecule has 0 aliphatic carbocycles. The van der Waals surface area contributed by atoms with Gasteiger partial charge in [0, 0.05) is 6.42 Å². The Morgan fingerprint density at radius 3 is 2.32 bits per heavy atom. The summed E-state index contributed by atoms with van der Waals surface area (Å²) >= 11 is 1.24. The van der Waals surface area contributed by atoms with Crippen LogP contribution in [0.5, 0.6) is 0 Å². The lowest BCUT2D eigenvalue weighted by Crippen LogP contribution is -3.03. The van der Waals surface area contributed by atoms with E-state index in [1.807, 2.05) is 13.8 Å². The van der Waals surface area contributed by atoms with Crippen LogP contribution in [0.1, 0.15) is 58.9 Å². The van der Waals surface area contributed by atoms with Gasteiger partial charge >= 0.3 is 5.97 Å². The molecule has 0 saturated carbocycles. The minimum Gasteiger partial charge on any atom is -0.465 e. The van der Waals surface area contributed by atoms with Gasteiger partial charge in [0.25, 0.3) is 5.91 Å². The topological polar surface area (TPSA) is 72.0 Å². The monoisotopic (exact) mass is 409 g/mol. The van der Waals surface area contributed by atoms with E-state index in [1.54, 1.807) is 0 Å². The maximum absolute atomic E-state index is 14.0. The van der Waals surface area contributed by atoms with E-state index in [-0.39, 0.29) is 21.6 Å². The number of carbonyl (C=O) groups excluding carboxylic acids is 2. The number of nitrogens with one attached hydrogen (secondary N) is 1.